The first-order chi connectivity index (χ1) is 12.1. The molecule has 0 aromatic carbocycles. The first-order valence-corrected chi connectivity index (χ1v) is 9.22. The molecule has 2 aliphatic rings. The zero-order chi connectivity index (χ0) is 19.5. The Kier molecular flexibility index (Phi) is 5.93. The van der Waals surface area contributed by atoms with E-state index >= 15 is 0 Å². The number of hydrogen-bond acceptors (Lipinski definition) is 5. The highest BCUT2D eigenvalue weighted by Crippen LogP contribution is 2.38. The summed E-state index contributed by atoms with van der Waals surface area (Å²) in [6.07, 6.45) is 4.06. The van der Waals surface area contributed by atoms with Crippen LogP contribution in [0.15, 0.2) is 0 Å². The first kappa shape index (κ1) is 20.2. The molecule has 0 bridgehead atoms. The number of nitrogens with one attached hydrogen (secondary N) is 2. The average Bonchev–Trinajstić information content (AvgIpc) is 2.80. The number of carbonyl (C=O) groups is 4. The van der Waals surface area contributed by atoms with Gasteiger partial charge in [-0.25, -0.2) is 4.79 Å². The lowest BCUT2D eigenvalue weighted by Crippen LogP contribution is -2.54. The van der Waals surface area contributed by atoms with Crippen LogP contribution in [0.1, 0.15) is 59.8 Å². The molecule has 4 amide bonds. The van der Waals surface area contributed by atoms with E-state index in [0.29, 0.717) is 6.42 Å². The fraction of sp³-hybridized carbons (Fsp3) is 0.778. The van der Waals surface area contributed by atoms with Crippen LogP contribution in [0.4, 0.5) is 4.79 Å². The Labute approximate surface area is 154 Å². The van der Waals surface area contributed by atoms with Crippen molar-refractivity contribution in [3.8, 4) is 0 Å². The van der Waals surface area contributed by atoms with Gasteiger partial charge in [0.2, 0.25) is 0 Å². The van der Waals surface area contributed by atoms with E-state index in [1.165, 1.54) is 0 Å². The number of amides is 4. The fourth-order valence-corrected chi connectivity index (χ4v) is 3.46. The standard InChI is InChI=1S/C18H29N3O5/c1-5-17(3,4)19-13(22)11-26-14(23)10-21-15(24)18(20-16(21)25)9-7-6-8-12(18)2/h12H,5-11H2,1-4H3,(H,19,22)(H,20,25)/t12-,18+/m1/s1. The molecule has 2 N–H and O–H groups in total. The maximum absolute atomic E-state index is 12.8. The minimum absolute atomic E-state index is 0.0239. The summed E-state index contributed by atoms with van der Waals surface area (Å²) in [6, 6.07) is -0.572. The maximum atomic E-state index is 12.8. The van der Waals surface area contributed by atoms with Gasteiger partial charge in [-0.1, -0.05) is 26.7 Å². The monoisotopic (exact) mass is 367 g/mol. The third kappa shape index (κ3) is 4.16. The molecule has 1 heterocycles. The van der Waals surface area contributed by atoms with Crippen molar-refractivity contribution in [1.29, 1.82) is 0 Å². The summed E-state index contributed by atoms with van der Waals surface area (Å²) in [7, 11) is 0. The van der Waals surface area contributed by atoms with Crippen LogP contribution >= 0.6 is 0 Å². The van der Waals surface area contributed by atoms with Gasteiger partial charge in [0.25, 0.3) is 11.8 Å². The number of hydrogen-bond donors (Lipinski definition) is 2. The van der Waals surface area contributed by atoms with E-state index in [4.69, 9.17) is 4.74 Å². The molecular formula is C18H29N3O5. The largest absolute Gasteiger partial charge is 0.454 e. The number of esters is 1. The third-order valence-electron chi connectivity index (χ3n) is 5.51. The lowest BCUT2D eigenvalue weighted by Gasteiger charge is -2.36. The summed E-state index contributed by atoms with van der Waals surface area (Å²) in [6.45, 7) is 6.69. The molecule has 146 valence electrons. The van der Waals surface area contributed by atoms with Crippen LogP contribution in [-0.4, -0.2) is 52.9 Å². The van der Waals surface area contributed by atoms with Gasteiger partial charge in [0, 0.05) is 5.54 Å². The van der Waals surface area contributed by atoms with Crippen molar-refractivity contribution < 1.29 is 23.9 Å². The van der Waals surface area contributed by atoms with Gasteiger partial charge in [-0.15, -0.1) is 0 Å². The lowest BCUT2D eigenvalue weighted by atomic mass is 9.73. The highest BCUT2D eigenvalue weighted by molar-refractivity contribution is 6.09. The van der Waals surface area contributed by atoms with Crippen LogP contribution in [-0.2, 0) is 19.1 Å². The van der Waals surface area contributed by atoms with Crippen LogP contribution < -0.4 is 10.6 Å². The molecular weight excluding hydrogens is 338 g/mol. The van der Waals surface area contributed by atoms with Crippen molar-refractivity contribution >= 4 is 23.8 Å². The van der Waals surface area contributed by atoms with Gasteiger partial charge in [0.1, 0.15) is 12.1 Å². The van der Waals surface area contributed by atoms with E-state index < -0.39 is 42.1 Å². The topological polar surface area (TPSA) is 105 Å². The summed E-state index contributed by atoms with van der Waals surface area (Å²) < 4.78 is 4.93. The molecule has 0 radical (unpaired) electrons. The fourth-order valence-electron chi connectivity index (χ4n) is 3.46. The smallest absolute Gasteiger partial charge is 0.326 e. The Morgan fingerprint density at radius 2 is 2.04 bits per heavy atom. The summed E-state index contributed by atoms with van der Waals surface area (Å²) >= 11 is 0. The van der Waals surface area contributed by atoms with Crippen molar-refractivity contribution in [3.63, 3.8) is 0 Å². The van der Waals surface area contributed by atoms with Gasteiger partial charge >= 0.3 is 12.0 Å². The normalized spacial score (nSPS) is 26.0. The second-order valence-corrected chi connectivity index (χ2v) is 7.89. The molecule has 1 saturated carbocycles. The van der Waals surface area contributed by atoms with Crippen molar-refractivity contribution in [2.45, 2.75) is 70.9 Å². The van der Waals surface area contributed by atoms with E-state index in [1.54, 1.807) is 0 Å². The minimum atomic E-state index is -0.905. The molecule has 2 rings (SSSR count). The molecule has 2 fully saturated rings. The van der Waals surface area contributed by atoms with Crippen LogP contribution in [0, 0.1) is 5.92 Å². The van der Waals surface area contributed by atoms with Crippen molar-refractivity contribution in [1.82, 2.24) is 15.5 Å². The predicted molar refractivity (Wildman–Crippen MR) is 94.1 cm³/mol. The molecule has 1 aliphatic carbocycles. The van der Waals surface area contributed by atoms with Crippen LogP contribution in [0.5, 0.6) is 0 Å². The maximum Gasteiger partial charge on any atom is 0.326 e. The second kappa shape index (κ2) is 7.63. The Bertz CT molecular complexity index is 604. The van der Waals surface area contributed by atoms with Crippen molar-refractivity contribution in [2.24, 2.45) is 5.92 Å². The SMILES string of the molecule is CCC(C)(C)NC(=O)COC(=O)CN1C(=O)N[C@]2(CCCC[C@H]2C)C1=O. The van der Waals surface area contributed by atoms with Gasteiger partial charge in [0.05, 0.1) is 0 Å². The molecule has 26 heavy (non-hydrogen) atoms. The number of ether oxygens (including phenoxy) is 1. The average molecular weight is 367 g/mol. The summed E-state index contributed by atoms with van der Waals surface area (Å²) in [5, 5.41) is 5.53. The number of carbonyl (C=O) groups excluding carboxylic acids is 4. The Morgan fingerprint density at radius 3 is 2.65 bits per heavy atom. The molecule has 8 heteroatoms. The van der Waals surface area contributed by atoms with E-state index in [0.717, 1.165) is 30.6 Å². The Morgan fingerprint density at radius 1 is 1.35 bits per heavy atom. The number of nitrogens with zero attached hydrogens (tertiary/aromatic N) is 1. The first-order valence-electron chi connectivity index (χ1n) is 9.22. The quantitative estimate of drug-likeness (QED) is 0.544. The van der Waals surface area contributed by atoms with Crippen LogP contribution in [0.2, 0.25) is 0 Å². The summed E-state index contributed by atoms with van der Waals surface area (Å²) in [5.41, 5.74) is -1.30. The minimum Gasteiger partial charge on any atom is -0.454 e. The van der Waals surface area contributed by atoms with Crippen LogP contribution in [0.3, 0.4) is 0 Å². The van der Waals surface area contributed by atoms with Gasteiger partial charge in [-0.05, 0) is 39.0 Å². The highest BCUT2D eigenvalue weighted by atomic mass is 16.5. The Hall–Kier alpha value is -2.12. The molecule has 1 saturated heterocycles. The van der Waals surface area contributed by atoms with Crippen LogP contribution in [0.25, 0.3) is 0 Å². The zero-order valence-corrected chi connectivity index (χ0v) is 16.0. The number of imide groups is 1. The molecule has 0 unspecified atom stereocenters. The molecule has 0 aromatic rings. The van der Waals surface area contributed by atoms with E-state index in [2.05, 4.69) is 10.6 Å². The molecule has 1 spiro atoms. The molecule has 0 aromatic heterocycles. The molecule has 8 nitrogen and oxygen atoms in total. The van der Waals surface area contributed by atoms with Crippen molar-refractivity contribution in [2.75, 3.05) is 13.2 Å². The third-order valence-corrected chi connectivity index (χ3v) is 5.51. The van der Waals surface area contributed by atoms with E-state index in [-0.39, 0.29) is 11.8 Å². The summed E-state index contributed by atoms with van der Waals surface area (Å²) in [5.74, 6) is -1.54. The summed E-state index contributed by atoms with van der Waals surface area (Å²) in [4.78, 5) is 49.7. The van der Waals surface area contributed by atoms with Gasteiger partial charge in [0.15, 0.2) is 6.61 Å². The lowest BCUT2D eigenvalue weighted by molar-refractivity contribution is -0.151. The van der Waals surface area contributed by atoms with Crippen molar-refractivity contribution in [3.05, 3.63) is 0 Å². The molecule has 1 aliphatic heterocycles. The highest BCUT2D eigenvalue weighted by Gasteiger charge is 2.55. The number of urea groups is 1. The molecule has 2 atom stereocenters. The van der Waals surface area contributed by atoms with Gasteiger partial charge < -0.3 is 15.4 Å². The zero-order valence-electron chi connectivity index (χ0n) is 16.0. The van der Waals surface area contributed by atoms with E-state index in [1.807, 2.05) is 27.7 Å². The van der Waals surface area contributed by atoms with Gasteiger partial charge in [-0.3, -0.25) is 19.3 Å². The van der Waals surface area contributed by atoms with E-state index in [9.17, 15) is 19.2 Å². The number of rotatable bonds is 6. The van der Waals surface area contributed by atoms with Gasteiger partial charge in [-0.2, -0.15) is 0 Å². The second-order valence-electron chi connectivity index (χ2n) is 7.89. The Balaban J connectivity index is 1.90. The predicted octanol–water partition coefficient (Wildman–Crippen LogP) is 1.34.